The number of allylic oxidation sites excluding steroid dienone is 2. The quantitative estimate of drug-likeness (QED) is 0.198. The van der Waals surface area contributed by atoms with Crippen molar-refractivity contribution in [3.63, 3.8) is 0 Å². The van der Waals surface area contributed by atoms with Gasteiger partial charge >= 0.3 is 0 Å². The highest BCUT2D eigenvalue weighted by molar-refractivity contribution is 6.27. The van der Waals surface area contributed by atoms with E-state index in [0.717, 1.165) is 27.8 Å². The van der Waals surface area contributed by atoms with Gasteiger partial charge in [-0.2, -0.15) is 9.97 Å². The smallest absolute Gasteiger partial charge is 0.238 e. The number of anilines is 2. The summed E-state index contributed by atoms with van der Waals surface area (Å²) in [4.78, 5) is 18.1. The van der Waals surface area contributed by atoms with Crippen LogP contribution in [0.1, 0.15) is 11.5 Å². The first kappa shape index (κ1) is 26.8. The topological polar surface area (TPSA) is 46.8 Å². The number of hydrogen-bond acceptors (Lipinski definition) is 4. The Morgan fingerprint density at radius 3 is 1.75 bits per heavy atom. The molecule has 5 heteroatoms. The molecule has 0 spiro atoms. The largest absolute Gasteiger partial charge is 0.332 e. The van der Waals surface area contributed by atoms with Crippen LogP contribution in [0, 0.1) is 0 Å². The maximum absolute atomic E-state index is 5.26. The summed E-state index contributed by atoms with van der Waals surface area (Å²) in [5, 5.41) is 4.89. The first-order chi connectivity index (χ1) is 23.8. The van der Waals surface area contributed by atoms with E-state index in [-0.39, 0.29) is 12.0 Å². The molecule has 2 atom stereocenters. The highest BCUT2D eigenvalue weighted by Crippen LogP contribution is 2.55. The highest BCUT2D eigenvalue weighted by atomic mass is 15.2. The summed E-state index contributed by atoms with van der Waals surface area (Å²) in [6.45, 7) is 0. The maximum atomic E-state index is 5.26. The molecule has 2 aromatic heterocycles. The molecule has 1 aliphatic heterocycles. The number of para-hydroxylation sites is 2. The number of benzene rings is 6. The molecular weight excluding hydrogens is 587 g/mol. The van der Waals surface area contributed by atoms with Crippen LogP contribution in [0.15, 0.2) is 164 Å². The van der Waals surface area contributed by atoms with Crippen molar-refractivity contribution in [3.8, 4) is 28.7 Å². The molecule has 0 fully saturated rings. The molecule has 2 aliphatic rings. The van der Waals surface area contributed by atoms with Crippen molar-refractivity contribution in [3.05, 3.63) is 169 Å². The summed E-state index contributed by atoms with van der Waals surface area (Å²) in [6, 6.07) is 48.9. The van der Waals surface area contributed by atoms with Gasteiger partial charge in [0.25, 0.3) is 0 Å². The third-order valence-corrected chi connectivity index (χ3v) is 9.74. The molecule has 1 aliphatic carbocycles. The Kier molecular flexibility index (Phi) is 5.93. The van der Waals surface area contributed by atoms with Crippen LogP contribution in [0.4, 0.5) is 11.4 Å². The van der Waals surface area contributed by atoms with Crippen LogP contribution in [-0.2, 0) is 0 Å². The molecule has 10 rings (SSSR count). The minimum atomic E-state index is 0.131. The molecule has 0 N–H and O–H groups in total. The Labute approximate surface area is 277 Å². The summed E-state index contributed by atoms with van der Waals surface area (Å²) in [7, 11) is 0. The van der Waals surface area contributed by atoms with Gasteiger partial charge in [0.15, 0.2) is 11.6 Å². The van der Waals surface area contributed by atoms with Gasteiger partial charge in [-0.1, -0.05) is 146 Å². The van der Waals surface area contributed by atoms with Gasteiger partial charge < -0.3 is 4.90 Å². The number of rotatable bonds is 4. The Bertz CT molecular complexity index is 2510. The van der Waals surface area contributed by atoms with E-state index >= 15 is 0 Å². The zero-order valence-electron chi connectivity index (χ0n) is 26.0. The predicted octanol–water partition coefficient (Wildman–Crippen LogP) is 10.2. The fourth-order valence-electron chi connectivity index (χ4n) is 7.76. The van der Waals surface area contributed by atoms with Crippen LogP contribution >= 0.6 is 0 Å². The Morgan fingerprint density at radius 1 is 0.500 bits per heavy atom. The van der Waals surface area contributed by atoms with Crippen molar-refractivity contribution in [2.24, 2.45) is 0 Å². The molecule has 0 saturated heterocycles. The van der Waals surface area contributed by atoms with E-state index in [4.69, 9.17) is 15.0 Å². The fraction of sp³-hybridized carbons (Fsp3) is 0.0465. The summed E-state index contributed by atoms with van der Waals surface area (Å²) in [6.07, 6.45) is 9.08. The minimum Gasteiger partial charge on any atom is -0.332 e. The molecule has 5 nitrogen and oxygen atoms in total. The first-order valence-electron chi connectivity index (χ1n) is 16.4. The number of hydrogen-bond donors (Lipinski definition) is 0. The highest BCUT2D eigenvalue weighted by Gasteiger charge is 2.41. The van der Waals surface area contributed by atoms with Gasteiger partial charge in [-0.3, -0.25) is 4.57 Å². The van der Waals surface area contributed by atoms with Gasteiger partial charge in [0.2, 0.25) is 5.95 Å². The number of fused-ring (bicyclic) bond motifs is 10. The molecule has 48 heavy (non-hydrogen) atoms. The van der Waals surface area contributed by atoms with Crippen LogP contribution in [0.25, 0.3) is 61.3 Å². The Balaban J connectivity index is 1.40. The van der Waals surface area contributed by atoms with E-state index in [9.17, 15) is 0 Å². The average molecular weight is 616 g/mol. The first-order valence-corrected chi connectivity index (χ1v) is 16.4. The van der Waals surface area contributed by atoms with Gasteiger partial charge in [0, 0.05) is 33.5 Å². The lowest BCUT2D eigenvalue weighted by atomic mass is 9.87. The molecule has 0 bridgehead atoms. The van der Waals surface area contributed by atoms with Crippen LogP contribution in [0.5, 0.6) is 0 Å². The summed E-state index contributed by atoms with van der Waals surface area (Å²) in [5.74, 6) is 2.06. The van der Waals surface area contributed by atoms with Crippen molar-refractivity contribution < 1.29 is 0 Å². The second kappa shape index (κ2) is 10.6. The summed E-state index contributed by atoms with van der Waals surface area (Å²) < 4.78 is 2.29. The van der Waals surface area contributed by atoms with E-state index in [1.54, 1.807) is 0 Å². The number of aromatic nitrogens is 4. The molecule has 6 aromatic carbocycles. The van der Waals surface area contributed by atoms with E-state index in [0.29, 0.717) is 17.6 Å². The molecule has 226 valence electrons. The van der Waals surface area contributed by atoms with Crippen LogP contribution in [-0.4, -0.2) is 25.6 Å². The molecule has 8 aromatic rings. The summed E-state index contributed by atoms with van der Waals surface area (Å²) >= 11 is 0. The lowest BCUT2D eigenvalue weighted by Gasteiger charge is -2.29. The third kappa shape index (κ3) is 3.94. The van der Waals surface area contributed by atoms with Gasteiger partial charge in [0.05, 0.1) is 22.8 Å². The van der Waals surface area contributed by atoms with Crippen molar-refractivity contribution in [1.29, 1.82) is 0 Å². The van der Waals surface area contributed by atoms with Crippen molar-refractivity contribution in [2.75, 3.05) is 4.90 Å². The standard InChI is InChI=1S/C43H29N5/c1-4-16-28(17-5-1)41-44-42(29-18-6-2-7-19-29)46-43(45-41)48-36-27-15-13-25-34(36)38-32-23-11-10-22-31(32)37-33-24-12-14-26-35(33)47(39(37)40(38)48)30-20-8-3-9-21-30/h1-27,33,35H. The predicted molar refractivity (Wildman–Crippen MR) is 196 cm³/mol. The van der Waals surface area contributed by atoms with Crippen LogP contribution in [0.2, 0.25) is 0 Å². The van der Waals surface area contributed by atoms with Crippen molar-refractivity contribution in [2.45, 2.75) is 12.0 Å². The van der Waals surface area contributed by atoms with Crippen molar-refractivity contribution in [1.82, 2.24) is 19.5 Å². The van der Waals surface area contributed by atoms with E-state index in [2.05, 4.69) is 137 Å². The zero-order valence-corrected chi connectivity index (χ0v) is 26.0. The zero-order chi connectivity index (χ0) is 31.6. The second-order valence-electron chi connectivity index (χ2n) is 12.4. The molecule has 0 saturated carbocycles. The second-order valence-corrected chi connectivity index (χ2v) is 12.4. The fourth-order valence-corrected chi connectivity index (χ4v) is 7.76. The molecule has 0 radical (unpaired) electrons. The van der Waals surface area contributed by atoms with Crippen LogP contribution in [0.3, 0.4) is 0 Å². The average Bonchev–Trinajstić information content (AvgIpc) is 3.70. The normalized spacial score (nSPS) is 16.5. The van der Waals surface area contributed by atoms with Crippen molar-refractivity contribution >= 4 is 44.0 Å². The molecule has 2 unspecified atom stereocenters. The third-order valence-electron chi connectivity index (χ3n) is 9.74. The maximum Gasteiger partial charge on any atom is 0.238 e. The number of nitrogens with zero attached hydrogens (tertiary/aromatic N) is 5. The van der Waals surface area contributed by atoms with Gasteiger partial charge in [-0.15, -0.1) is 0 Å². The summed E-state index contributed by atoms with van der Waals surface area (Å²) in [5.41, 5.74) is 7.74. The molecule has 3 heterocycles. The lowest BCUT2D eigenvalue weighted by Crippen LogP contribution is -2.28. The van der Waals surface area contributed by atoms with Gasteiger partial charge in [-0.25, -0.2) is 4.98 Å². The Hall–Kier alpha value is -6.33. The van der Waals surface area contributed by atoms with E-state index < -0.39 is 0 Å². The SMILES string of the molecule is C1=CC2c3c(c4c(c5ccccc35)c3ccccc3n4-c3nc(-c4ccccc4)nc(-c4ccccc4)n3)N(c3ccccc3)C2C=C1. The minimum absolute atomic E-state index is 0.131. The molecule has 0 amide bonds. The lowest BCUT2D eigenvalue weighted by molar-refractivity contribution is 0.747. The van der Waals surface area contributed by atoms with E-state index in [1.165, 1.54) is 32.8 Å². The monoisotopic (exact) mass is 615 g/mol. The van der Waals surface area contributed by atoms with Gasteiger partial charge in [0.1, 0.15) is 0 Å². The molecular formula is C43H29N5. The van der Waals surface area contributed by atoms with E-state index in [1.807, 2.05) is 36.4 Å². The Morgan fingerprint density at radius 2 is 1.06 bits per heavy atom. The van der Waals surface area contributed by atoms with Gasteiger partial charge in [-0.05, 0) is 34.5 Å². The van der Waals surface area contributed by atoms with Crippen LogP contribution < -0.4 is 4.90 Å².